The fourth-order valence-electron chi connectivity index (χ4n) is 1.89. The zero-order chi connectivity index (χ0) is 13.8. The molecule has 0 radical (unpaired) electrons. The Morgan fingerprint density at radius 2 is 2.00 bits per heavy atom. The summed E-state index contributed by atoms with van der Waals surface area (Å²) in [5, 5.41) is 10.5. The summed E-state index contributed by atoms with van der Waals surface area (Å²) < 4.78 is 0. The molecule has 1 aliphatic rings. The van der Waals surface area contributed by atoms with E-state index in [0.29, 0.717) is 5.82 Å². The van der Waals surface area contributed by atoms with Crippen molar-refractivity contribution >= 4 is 17.6 Å². The number of carbonyl (C=O) groups is 2. The zero-order valence-electron chi connectivity index (χ0n) is 11.2. The molecule has 0 aliphatic carbocycles. The van der Waals surface area contributed by atoms with Crippen LogP contribution in [0.3, 0.4) is 0 Å². The Hall–Kier alpha value is -1.96. The molecule has 8 nitrogen and oxygen atoms in total. The van der Waals surface area contributed by atoms with Gasteiger partial charge in [0.1, 0.15) is 6.54 Å². The summed E-state index contributed by atoms with van der Waals surface area (Å²) in [6, 6.07) is 0. The lowest BCUT2D eigenvalue weighted by molar-refractivity contribution is -0.133. The maximum Gasteiger partial charge on any atom is 0.246 e. The first kappa shape index (κ1) is 13.5. The van der Waals surface area contributed by atoms with Gasteiger partial charge in [0.25, 0.3) is 0 Å². The maximum atomic E-state index is 12.0. The molecule has 0 spiro atoms. The van der Waals surface area contributed by atoms with Crippen molar-refractivity contribution < 1.29 is 9.59 Å². The standard InChI is InChI=1S/C11H18N6O2/c1-9(18)13-10-7-12-17(14-10)8-11(19)16-5-3-15(2)4-6-16/h7H,3-6,8H2,1-2H3,(H,13,14,18). The molecule has 8 heteroatoms. The Morgan fingerprint density at radius 1 is 1.32 bits per heavy atom. The molecule has 1 aromatic heterocycles. The van der Waals surface area contributed by atoms with Gasteiger partial charge in [0.2, 0.25) is 11.8 Å². The van der Waals surface area contributed by atoms with Crippen molar-refractivity contribution in [1.82, 2.24) is 24.8 Å². The molecule has 0 aromatic carbocycles. The lowest BCUT2D eigenvalue weighted by atomic mass is 10.3. The van der Waals surface area contributed by atoms with E-state index >= 15 is 0 Å². The number of nitrogens with zero attached hydrogens (tertiary/aromatic N) is 5. The molecule has 1 saturated heterocycles. The van der Waals surface area contributed by atoms with Crippen molar-refractivity contribution in [3.8, 4) is 0 Å². The van der Waals surface area contributed by atoms with Gasteiger partial charge in [-0.3, -0.25) is 9.59 Å². The Morgan fingerprint density at radius 3 is 2.63 bits per heavy atom. The summed E-state index contributed by atoms with van der Waals surface area (Å²) in [7, 11) is 2.04. The smallest absolute Gasteiger partial charge is 0.246 e. The van der Waals surface area contributed by atoms with Gasteiger partial charge >= 0.3 is 0 Å². The highest BCUT2D eigenvalue weighted by Crippen LogP contribution is 2.02. The normalized spacial score (nSPS) is 16.4. The summed E-state index contributed by atoms with van der Waals surface area (Å²) in [6.45, 7) is 4.73. The minimum atomic E-state index is -0.211. The second-order valence-corrected chi connectivity index (χ2v) is 4.63. The van der Waals surface area contributed by atoms with Crippen LogP contribution in [0.25, 0.3) is 0 Å². The molecule has 2 amide bonds. The molecule has 0 atom stereocenters. The molecule has 104 valence electrons. The Balaban J connectivity index is 1.88. The SMILES string of the molecule is CC(=O)Nc1cnn(CC(=O)N2CCN(C)CC2)n1. The predicted molar refractivity (Wildman–Crippen MR) is 68.4 cm³/mol. The van der Waals surface area contributed by atoms with E-state index in [1.54, 1.807) is 4.90 Å². The van der Waals surface area contributed by atoms with Crippen molar-refractivity contribution in [2.45, 2.75) is 13.5 Å². The fourth-order valence-corrected chi connectivity index (χ4v) is 1.89. The Bertz CT molecular complexity index is 464. The van der Waals surface area contributed by atoms with Gasteiger partial charge in [-0.25, -0.2) is 0 Å². The van der Waals surface area contributed by atoms with Crippen LogP contribution in [0.1, 0.15) is 6.92 Å². The largest absolute Gasteiger partial charge is 0.338 e. The van der Waals surface area contributed by atoms with Crippen LogP contribution in [0.2, 0.25) is 0 Å². The highest BCUT2D eigenvalue weighted by Gasteiger charge is 2.19. The van der Waals surface area contributed by atoms with Crippen molar-refractivity contribution in [3.05, 3.63) is 6.20 Å². The molecule has 0 bridgehead atoms. The molecular formula is C11H18N6O2. The minimum Gasteiger partial charge on any atom is -0.338 e. The summed E-state index contributed by atoms with van der Waals surface area (Å²) in [5.41, 5.74) is 0. The van der Waals surface area contributed by atoms with Crippen molar-refractivity contribution in [3.63, 3.8) is 0 Å². The number of hydrogen-bond acceptors (Lipinski definition) is 5. The van der Waals surface area contributed by atoms with Gasteiger partial charge in [-0.15, -0.1) is 5.10 Å². The van der Waals surface area contributed by atoms with E-state index in [1.807, 2.05) is 7.05 Å². The quantitative estimate of drug-likeness (QED) is 0.759. The van der Waals surface area contributed by atoms with Crippen LogP contribution < -0.4 is 5.32 Å². The molecular weight excluding hydrogens is 248 g/mol. The second-order valence-electron chi connectivity index (χ2n) is 4.63. The Labute approximate surface area is 111 Å². The average molecular weight is 266 g/mol. The van der Waals surface area contributed by atoms with E-state index in [4.69, 9.17) is 0 Å². The number of carbonyl (C=O) groups excluding carboxylic acids is 2. The van der Waals surface area contributed by atoms with E-state index in [2.05, 4.69) is 20.4 Å². The van der Waals surface area contributed by atoms with Crippen molar-refractivity contribution in [2.75, 3.05) is 38.5 Å². The highest BCUT2D eigenvalue weighted by molar-refractivity contribution is 5.87. The summed E-state index contributed by atoms with van der Waals surface area (Å²) in [6.07, 6.45) is 1.43. The van der Waals surface area contributed by atoms with Gasteiger partial charge in [0, 0.05) is 33.1 Å². The predicted octanol–water partition coefficient (Wildman–Crippen LogP) is -0.989. The molecule has 0 unspecified atom stereocenters. The number of rotatable bonds is 3. The lowest BCUT2D eigenvalue weighted by Crippen LogP contribution is -2.48. The molecule has 1 aliphatic heterocycles. The number of amides is 2. The molecule has 2 heterocycles. The highest BCUT2D eigenvalue weighted by atomic mass is 16.2. The van der Waals surface area contributed by atoms with Crippen LogP contribution in [-0.4, -0.2) is 69.8 Å². The van der Waals surface area contributed by atoms with Crippen molar-refractivity contribution in [2.24, 2.45) is 0 Å². The third-order valence-corrected chi connectivity index (χ3v) is 2.97. The van der Waals surface area contributed by atoms with E-state index in [1.165, 1.54) is 17.9 Å². The molecule has 0 saturated carbocycles. The molecule has 1 aromatic rings. The Kier molecular flexibility index (Phi) is 4.10. The van der Waals surface area contributed by atoms with Crippen LogP contribution in [0, 0.1) is 0 Å². The van der Waals surface area contributed by atoms with Gasteiger partial charge in [-0.1, -0.05) is 0 Å². The van der Waals surface area contributed by atoms with Crippen molar-refractivity contribution in [1.29, 1.82) is 0 Å². The van der Waals surface area contributed by atoms with Gasteiger partial charge in [0.05, 0.1) is 6.20 Å². The van der Waals surface area contributed by atoms with Gasteiger partial charge in [0.15, 0.2) is 5.82 Å². The zero-order valence-corrected chi connectivity index (χ0v) is 11.2. The monoisotopic (exact) mass is 266 g/mol. The number of aromatic nitrogens is 3. The summed E-state index contributed by atoms with van der Waals surface area (Å²) in [4.78, 5) is 28.2. The van der Waals surface area contributed by atoms with E-state index < -0.39 is 0 Å². The van der Waals surface area contributed by atoms with Crippen LogP contribution in [0.15, 0.2) is 6.20 Å². The van der Waals surface area contributed by atoms with Gasteiger partial charge in [-0.2, -0.15) is 9.90 Å². The van der Waals surface area contributed by atoms with E-state index in [0.717, 1.165) is 26.2 Å². The van der Waals surface area contributed by atoms with Gasteiger partial charge < -0.3 is 15.1 Å². The second kappa shape index (κ2) is 5.79. The van der Waals surface area contributed by atoms with Gasteiger partial charge in [-0.05, 0) is 7.05 Å². The first-order valence-corrected chi connectivity index (χ1v) is 6.18. The number of hydrogen-bond donors (Lipinski definition) is 1. The number of likely N-dealkylation sites (N-methyl/N-ethyl adjacent to an activating group) is 1. The molecule has 2 rings (SSSR count). The fraction of sp³-hybridized carbons (Fsp3) is 0.636. The topological polar surface area (TPSA) is 83.4 Å². The molecule has 1 fully saturated rings. The average Bonchev–Trinajstić information content (AvgIpc) is 2.76. The number of anilines is 1. The lowest BCUT2D eigenvalue weighted by Gasteiger charge is -2.32. The number of nitrogens with one attached hydrogen (secondary N) is 1. The number of piperazine rings is 1. The first-order chi connectivity index (χ1) is 9.04. The first-order valence-electron chi connectivity index (χ1n) is 6.18. The third kappa shape index (κ3) is 3.75. The molecule has 1 N–H and O–H groups in total. The van der Waals surface area contributed by atoms with Crippen LogP contribution in [-0.2, 0) is 16.1 Å². The minimum absolute atomic E-state index is 0.00178. The third-order valence-electron chi connectivity index (χ3n) is 2.97. The summed E-state index contributed by atoms with van der Waals surface area (Å²) >= 11 is 0. The summed E-state index contributed by atoms with van der Waals surface area (Å²) in [5.74, 6) is 0.147. The van der Waals surface area contributed by atoms with Crippen LogP contribution >= 0.6 is 0 Å². The van der Waals surface area contributed by atoms with Crippen LogP contribution in [0.5, 0.6) is 0 Å². The van der Waals surface area contributed by atoms with Crippen LogP contribution in [0.4, 0.5) is 5.82 Å². The maximum absolute atomic E-state index is 12.0. The van der Waals surface area contributed by atoms with E-state index in [-0.39, 0.29) is 18.4 Å². The van der Waals surface area contributed by atoms with E-state index in [9.17, 15) is 9.59 Å². The molecule has 19 heavy (non-hydrogen) atoms.